The SMILES string of the molecule is CC(C)n1cnc2cc(C(=O)CNC3CC3)ccc21. The molecule has 1 saturated carbocycles. The van der Waals surface area contributed by atoms with Crippen molar-refractivity contribution in [1.29, 1.82) is 0 Å². The maximum atomic E-state index is 12.1. The van der Waals surface area contributed by atoms with Crippen LogP contribution < -0.4 is 5.32 Å². The van der Waals surface area contributed by atoms with Crippen LogP contribution in [0, 0.1) is 0 Å². The fourth-order valence-corrected chi connectivity index (χ4v) is 2.24. The normalized spacial score (nSPS) is 15.3. The summed E-state index contributed by atoms with van der Waals surface area (Å²) in [6.07, 6.45) is 4.24. The summed E-state index contributed by atoms with van der Waals surface area (Å²) in [7, 11) is 0. The average Bonchev–Trinajstić information content (AvgIpc) is 3.12. The molecule has 1 N–H and O–H groups in total. The van der Waals surface area contributed by atoms with Gasteiger partial charge in [0.2, 0.25) is 0 Å². The van der Waals surface area contributed by atoms with E-state index in [9.17, 15) is 4.79 Å². The first-order chi connectivity index (χ1) is 9.15. The minimum atomic E-state index is 0.146. The van der Waals surface area contributed by atoms with Crippen molar-refractivity contribution < 1.29 is 4.79 Å². The van der Waals surface area contributed by atoms with Crippen molar-refractivity contribution in [3.63, 3.8) is 0 Å². The molecule has 0 radical (unpaired) electrons. The first-order valence-corrected chi connectivity index (χ1v) is 6.88. The van der Waals surface area contributed by atoms with Crippen molar-refractivity contribution in [1.82, 2.24) is 14.9 Å². The Hall–Kier alpha value is -1.68. The summed E-state index contributed by atoms with van der Waals surface area (Å²) < 4.78 is 2.12. The fraction of sp³-hybridized carbons (Fsp3) is 0.467. The largest absolute Gasteiger partial charge is 0.328 e. The second-order valence-electron chi connectivity index (χ2n) is 5.53. The zero-order valence-electron chi connectivity index (χ0n) is 11.4. The van der Waals surface area contributed by atoms with Crippen molar-refractivity contribution >= 4 is 16.8 Å². The summed E-state index contributed by atoms with van der Waals surface area (Å²) in [5.74, 6) is 0.146. The minimum absolute atomic E-state index is 0.146. The average molecular weight is 257 g/mol. The number of aromatic nitrogens is 2. The number of benzene rings is 1. The summed E-state index contributed by atoms with van der Waals surface area (Å²) in [5.41, 5.74) is 2.72. The van der Waals surface area contributed by atoms with Crippen LogP contribution in [0.3, 0.4) is 0 Å². The van der Waals surface area contributed by atoms with Crippen molar-refractivity contribution in [2.45, 2.75) is 38.8 Å². The van der Waals surface area contributed by atoms with Gasteiger partial charge in [-0.3, -0.25) is 4.79 Å². The summed E-state index contributed by atoms with van der Waals surface area (Å²) in [4.78, 5) is 16.4. The number of Topliss-reactive ketones (excluding diaryl/α,β-unsaturated/α-hetero) is 1. The first kappa shape index (κ1) is 12.4. The van der Waals surface area contributed by atoms with Crippen LogP contribution in [0.25, 0.3) is 11.0 Å². The van der Waals surface area contributed by atoms with Gasteiger partial charge in [-0.25, -0.2) is 4.98 Å². The lowest BCUT2D eigenvalue weighted by molar-refractivity contribution is 0.0990. The Bertz CT molecular complexity index is 611. The van der Waals surface area contributed by atoms with Gasteiger partial charge < -0.3 is 9.88 Å². The van der Waals surface area contributed by atoms with Crippen molar-refractivity contribution in [3.05, 3.63) is 30.1 Å². The number of fused-ring (bicyclic) bond motifs is 1. The molecule has 4 heteroatoms. The van der Waals surface area contributed by atoms with E-state index in [-0.39, 0.29) is 5.78 Å². The highest BCUT2D eigenvalue weighted by Gasteiger charge is 2.21. The van der Waals surface area contributed by atoms with Crippen LogP contribution >= 0.6 is 0 Å². The van der Waals surface area contributed by atoms with E-state index >= 15 is 0 Å². The molecule has 3 rings (SSSR count). The summed E-state index contributed by atoms with van der Waals surface area (Å²) in [6, 6.07) is 6.73. The summed E-state index contributed by atoms with van der Waals surface area (Å²) in [6.45, 7) is 4.68. The molecule has 0 aliphatic heterocycles. The highest BCUT2D eigenvalue weighted by atomic mass is 16.1. The van der Waals surface area contributed by atoms with Gasteiger partial charge in [0.1, 0.15) is 0 Å². The van der Waals surface area contributed by atoms with Crippen molar-refractivity contribution in [2.75, 3.05) is 6.54 Å². The maximum absolute atomic E-state index is 12.1. The molecule has 1 aliphatic carbocycles. The number of nitrogens with one attached hydrogen (secondary N) is 1. The standard InChI is InChI=1S/C15H19N3O/c1-10(2)18-9-17-13-7-11(3-6-14(13)18)15(19)8-16-12-4-5-12/h3,6-7,9-10,12,16H,4-5,8H2,1-2H3. The van der Waals surface area contributed by atoms with E-state index in [1.807, 2.05) is 24.5 Å². The van der Waals surface area contributed by atoms with Gasteiger partial charge in [0, 0.05) is 17.6 Å². The number of carbonyl (C=O) groups excluding carboxylic acids is 1. The molecule has 100 valence electrons. The fourth-order valence-electron chi connectivity index (χ4n) is 2.24. The van der Waals surface area contributed by atoms with E-state index in [0.717, 1.165) is 16.6 Å². The topological polar surface area (TPSA) is 46.9 Å². The van der Waals surface area contributed by atoms with Crippen molar-refractivity contribution in [3.8, 4) is 0 Å². The molecule has 0 amide bonds. The van der Waals surface area contributed by atoms with Crippen molar-refractivity contribution in [2.24, 2.45) is 0 Å². The first-order valence-electron chi connectivity index (χ1n) is 6.88. The van der Waals surface area contributed by atoms with Crippen LogP contribution in [0.1, 0.15) is 43.1 Å². The van der Waals surface area contributed by atoms with E-state index in [2.05, 4.69) is 28.7 Å². The molecular formula is C15H19N3O. The number of rotatable bonds is 5. The highest BCUT2D eigenvalue weighted by molar-refractivity contribution is 6.00. The third-order valence-corrected chi connectivity index (χ3v) is 3.58. The molecule has 1 aromatic heterocycles. The molecule has 1 aromatic carbocycles. The van der Waals surface area contributed by atoms with Gasteiger partial charge in [-0.15, -0.1) is 0 Å². The molecule has 0 spiro atoms. The predicted molar refractivity (Wildman–Crippen MR) is 75.5 cm³/mol. The smallest absolute Gasteiger partial charge is 0.176 e. The molecule has 0 atom stereocenters. The van der Waals surface area contributed by atoms with Gasteiger partial charge in [0.05, 0.1) is 23.9 Å². The van der Waals surface area contributed by atoms with E-state index < -0.39 is 0 Å². The second-order valence-corrected chi connectivity index (χ2v) is 5.53. The quantitative estimate of drug-likeness (QED) is 0.837. The van der Waals surface area contributed by atoms with Crippen LogP contribution in [0.4, 0.5) is 0 Å². The minimum Gasteiger partial charge on any atom is -0.328 e. The van der Waals surface area contributed by atoms with Gasteiger partial charge >= 0.3 is 0 Å². The molecule has 2 aromatic rings. The van der Waals surface area contributed by atoms with Crippen LogP contribution in [0.15, 0.2) is 24.5 Å². The predicted octanol–water partition coefficient (Wildman–Crippen LogP) is 2.55. The lowest BCUT2D eigenvalue weighted by Gasteiger charge is -2.08. The van der Waals surface area contributed by atoms with Gasteiger partial charge in [-0.05, 0) is 44.9 Å². The Morgan fingerprint density at radius 3 is 2.95 bits per heavy atom. The lowest BCUT2D eigenvalue weighted by atomic mass is 10.1. The van der Waals surface area contributed by atoms with E-state index in [1.54, 1.807) is 0 Å². The van der Waals surface area contributed by atoms with E-state index in [4.69, 9.17) is 0 Å². The number of carbonyl (C=O) groups is 1. The van der Waals surface area contributed by atoms with Crippen LogP contribution in [0.5, 0.6) is 0 Å². The molecule has 1 heterocycles. The maximum Gasteiger partial charge on any atom is 0.176 e. The highest BCUT2D eigenvalue weighted by Crippen LogP contribution is 2.20. The van der Waals surface area contributed by atoms with Crippen LogP contribution in [0.2, 0.25) is 0 Å². The number of nitrogens with zero attached hydrogens (tertiary/aromatic N) is 2. The summed E-state index contributed by atoms with van der Waals surface area (Å²) >= 11 is 0. The van der Waals surface area contributed by atoms with Crippen LogP contribution in [-0.4, -0.2) is 27.9 Å². The lowest BCUT2D eigenvalue weighted by Crippen LogP contribution is -2.24. The molecule has 0 bridgehead atoms. The molecule has 1 fully saturated rings. The second kappa shape index (κ2) is 4.78. The zero-order chi connectivity index (χ0) is 13.4. The zero-order valence-corrected chi connectivity index (χ0v) is 11.4. The molecule has 19 heavy (non-hydrogen) atoms. The number of ketones is 1. The van der Waals surface area contributed by atoms with E-state index in [0.29, 0.717) is 18.6 Å². The Morgan fingerprint density at radius 2 is 2.26 bits per heavy atom. The monoisotopic (exact) mass is 257 g/mol. The number of imidazole rings is 1. The van der Waals surface area contributed by atoms with Gasteiger partial charge in [0.25, 0.3) is 0 Å². The van der Waals surface area contributed by atoms with Gasteiger partial charge in [0.15, 0.2) is 5.78 Å². The Morgan fingerprint density at radius 1 is 1.47 bits per heavy atom. The molecule has 0 unspecified atom stereocenters. The van der Waals surface area contributed by atoms with Gasteiger partial charge in [-0.2, -0.15) is 0 Å². The third-order valence-electron chi connectivity index (χ3n) is 3.58. The van der Waals surface area contributed by atoms with Gasteiger partial charge in [-0.1, -0.05) is 0 Å². The summed E-state index contributed by atoms with van der Waals surface area (Å²) in [5, 5.41) is 3.25. The molecule has 0 saturated heterocycles. The number of hydrogen-bond acceptors (Lipinski definition) is 3. The molecular weight excluding hydrogens is 238 g/mol. The van der Waals surface area contributed by atoms with Crippen LogP contribution in [-0.2, 0) is 0 Å². The third kappa shape index (κ3) is 2.54. The molecule has 1 aliphatic rings. The number of hydrogen-bond donors (Lipinski definition) is 1. The molecule has 4 nitrogen and oxygen atoms in total. The Kier molecular flexibility index (Phi) is 3.11. The van der Waals surface area contributed by atoms with E-state index in [1.165, 1.54) is 12.8 Å². The Balaban J connectivity index is 1.82. The Labute approximate surface area is 112 Å².